The molecule has 24 heavy (non-hydrogen) atoms. The second kappa shape index (κ2) is 7.57. The molecule has 6 heteroatoms. The van der Waals surface area contributed by atoms with E-state index in [1.165, 1.54) is 0 Å². The van der Waals surface area contributed by atoms with Gasteiger partial charge in [-0.25, -0.2) is 0 Å². The van der Waals surface area contributed by atoms with Gasteiger partial charge in [0.2, 0.25) is 5.91 Å². The van der Waals surface area contributed by atoms with E-state index in [0.29, 0.717) is 18.4 Å². The van der Waals surface area contributed by atoms with Crippen LogP contribution in [0.3, 0.4) is 0 Å². The largest absolute Gasteiger partial charge is 0.378 e. The Labute approximate surface area is 142 Å². The smallest absolute Gasteiger partial charge is 0.224 e. The van der Waals surface area contributed by atoms with E-state index in [2.05, 4.69) is 22.4 Å². The van der Waals surface area contributed by atoms with Crippen LogP contribution in [0, 0.1) is 5.92 Å². The van der Waals surface area contributed by atoms with Crippen LogP contribution < -0.4 is 5.32 Å². The molecule has 1 N–H and O–H groups in total. The van der Waals surface area contributed by atoms with Crippen LogP contribution in [0.25, 0.3) is 11.4 Å². The molecule has 0 radical (unpaired) electrons. The Morgan fingerprint density at radius 3 is 2.83 bits per heavy atom. The zero-order valence-electron chi connectivity index (χ0n) is 14.2. The van der Waals surface area contributed by atoms with Crippen LogP contribution in [0.2, 0.25) is 0 Å². The van der Waals surface area contributed by atoms with Gasteiger partial charge < -0.3 is 14.6 Å². The quantitative estimate of drug-likeness (QED) is 0.916. The monoisotopic (exact) mass is 328 g/mol. The van der Waals surface area contributed by atoms with E-state index in [1.54, 1.807) is 6.33 Å². The first-order chi connectivity index (χ1) is 11.7. The molecular formula is C18H24N4O2. The van der Waals surface area contributed by atoms with Gasteiger partial charge in [0, 0.05) is 31.3 Å². The number of hydrogen-bond acceptors (Lipinski definition) is 4. The molecular weight excluding hydrogens is 304 g/mol. The molecule has 0 aliphatic carbocycles. The van der Waals surface area contributed by atoms with Crippen LogP contribution in [-0.4, -0.2) is 33.4 Å². The number of anilines is 1. The average Bonchev–Trinajstić information content (AvgIpc) is 3.01. The first-order valence-corrected chi connectivity index (χ1v) is 8.51. The lowest BCUT2D eigenvalue weighted by Crippen LogP contribution is -2.28. The van der Waals surface area contributed by atoms with Gasteiger partial charge in [0.05, 0.1) is 6.10 Å². The molecule has 0 bridgehead atoms. The number of carbonyl (C=O) groups is 1. The molecule has 6 nitrogen and oxygen atoms in total. The summed E-state index contributed by atoms with van der Waals surface area (Å²) < 4.78 is 7.53. The molecule has 2 atom stereocenters. The third kappa shape index (κ3) is 4.00. The summed E-state index contributed by atoms with van der Waals surface area (Å²) in [5.74, 6) is 1.30. The van der Waals surface area contributed by atoms with E-state index in [0.717, 1.165) is 42.9 Å². The summed E-state index contributed by atoms with van der Waals surface area (Å²) in [6.07, 6.45) is 5.50. The Balaban J connectivity index is 1.56. The van der Waals surface area contributed by atoms with E-state index in [1.807, 2.05) is 35.9 Å². The Bertz CT molecular complexity index is 681. The summed E-state index contributed by atoms with van der Waals surface area (Å²) >= 11 is 0. The molecule has 2 heterocycles. The van der Waals surface area contributed by atoms with E-state index in [-0.39, 0.29) is 5.91 Å². The lowest BCUT2D eigenvalue weighted by atomic mass is 9.91. The summed E-state index contributed by atoms with van der Waals surface area (Å²) in [7, 11) is 1.91. The van der Waals surface area contributed by atoms with Gasteiger partial charge in [0.15, 0.2) is 5.82 Å². The lowest BCUT2D eigenvalue weighted by molar-refractivity contribution is -0.118. The van der Waals surface area contributed by atoms with Gasteiger partial charge in [-0.05, 0) is 49.4 Å². The molecule has 1 aromatic heterocycles. The molecule has 1 aromatic carbocycles. The number of ether oxygens (including phenoxy) is 1. The predicted octanol–water partition coefficient (Wildman–Crippen LogP) is 3.02. The number of aryl methyl sites for hydroxylation is 1. The van der Waals surface area contributed by atoms with Crippen LogP contribution in [0.5, 0.6) is 0 Å². The molecule has 1 aliphatic rings. The van der Waals surface area contributed by atoms with Crippen molar-refractivity contribution in [1.82, 2.24) is 14.8 Å². The van der Waals surface area contributed by atoms with Crippen molar-refractivity contribution in [2.45, 2.75) is 38.7 Å². The molecule has 1 saturated heterocycles. The van der Waals surface area contributed by atoms with Crippen molar-refractivity contribution in [3.05, 3.63) is 30.6 Å². The minimum atomic E-state index is 0.0724. The fourth-order valence-corrected chi connectivity index (χ4v) is 3.15. The second-order valence-electron chi connectivity index (χ2n) is 6.39. The summed E-state index contributed by atoms with van der Waals surface area (Å²) in [5.41, 5.74) is 1.79. The number of amides is 1. The van der Waals surface area contributed by atoms with Crippen molar-refractivity contribution in [3.63, 3.8) is 0 Å². The highest BCUT2D eigenvalue weighted by atomic mass is 16.5. The van der Waals surface area contributed by atoms with Gasteiger partial charge in [-0.3, -0.25) is 4.79 Å². The predicted molar refractivity (Wildman–Crippen MR) is 92.4 cm³/mol. The number of nitrogens with zero attached hydrogens (tertiary/aromatic N) is 3. The van der Waals surface area contributed by atoms with Gasteiger partial charge >= 0.3 is 0 Å². The van der Waals surface area contributed by atoms with Crippen molar-refractivity contribution < 1.29 is 9.53 Å². The van der Waals surface area contributed by atoms with Crippen molar-refractivity contribution in [2.24, 2.45) is 13.0 Å². The molecule has 2 aromatic rings. The third-order valence-electron chi connectivity index (χ3n) is 4.54. The van der Waals surface area contributed by atoms with Crippen molar-refractivity contribution in [3.8, 4) is 11.4 Å². The highest BCUT2D eigenvalue weighted by molar-refractivity contribution is 5.91. The molecule has 3 rings (SSSR count). The van der Waals surface area contributed by atoms with E-state index < -0.39 is 0 Å². The fourth-order valence-electron chi connectivity index (χ4n) is 3.15. The average molecular weight is 328 g/mol. The van der Waals surface area contributed by atoms with Crippen LogP contribution in [-0.2, 0) is 16.6 Å². The maximum absolute atomic E-state index is 12.3. The number of carbonyl (C=O) groups excluding carboxylic acids is 1. The fraction of sp³-hybridized carbons (Fsp3) is 0.500. The maximum Gasteiger partial charge on any atom is 0.224 e. The topological polar surface area (TPSA) is 69.0 Å². The Morgan fingerprint density at radius 2 is 2.17 bits per heavy atom. The summed E-state index contributed by atoms with van der Waals surface area (Å²) in [6.45, 7) is 2.90. The lowest BCUT2D eigenvalue weighted by Gasteiger charge is -2.28. The molecule has 1 amide bonds. The minimum Gasteiger partial charge on any atom is -0.378 e. The van der Waals surface area contributed by atoms with Gasteiger partial charge in [-0.2, -0.15) is 0 Å². The molecule has 2 unspecified atom stereocenters. The van der Waals surface area contributed by atoms with Gasteiger partial charge in [0.1, 0.15) is 6.33 Å². The first-order valence-electron chi connectivity index (χ1n) is 8.51. The van der Waals surface area contributed by atoms with E-state index >= 15 is 0 Å². The van der Waals surface area contributed by atoms with Gasteiger partial charge in [-0.15, -0.1) is 10.2 Å². The molecule has 1 aliphatic heterocycles. The minimum absolute atomic E-state index is 0.0724. The molecule has 1 fully saturated rings. The number of hydrogen-bond donors (Lipinski definition) is 1. The SMILES string of the molecule is CCC1CC(CC(=O)Nc2ccc(-c3nncn3C)cc2)CCO1. The Kier molecular flexibility index (Phi) is 5.25. The zero-order valence-corrected chi connectivity index (χ0v) is 14.2. The van der Waals surface area contributed by atoms with Crippen molar-refractivity contribution in [2.75, 3.05) is 11.9 Å². The highest BCUT2D eigenvalue weighted by Gasteiger charge is 2.23. The Hall–Kier alpha value is -2.21. The molecule has 0 spiro atoms. The number of rotatable bonds is 5. The van der Waals surface area contributed by atoms with Gasteiger partial charge in [-0.1, -0.05) is 6.92 Å². The maximum atomic E-state index is 12.3. The van der Waals surface area contributed by atoms with E-state index in [9.17, 15) is 4.79 Å². The number of nitrogens with one attached hydrogen (secondary N) is 1. The standard InChI is InChI=1S/C18H24N4O2/c1-3-16-10-13(8-9-24-16)11-17(23)20-15-6-4-14(5-7-15)18-21-19-12-22(18)2/h4-7,12-13,16H,3,8-11H2,1-2H3,(H,20,23). The van der Waals surface area contributed by atoms with Gasteiger partial charge in [0.25, 0.3) is 0 Å². The van der Waals surface area contributed by atoms with Crippen LogP contribution in [0.15, 0.2) is 30.6 Å². The van der Waals surface area contributed by atoms with Crippen LogP contribution >= 0.6 is 0 Å². The third-order valence-corrected chi connectivity index (χ3v) is 4.54. The van der Waals surface area contributed by atoms with Crippen LogP contribution in [0.4, 0.5) is 5.69 Å². The summed E-state index contributed by atoms with van der Waals surface area (Å²) in [6, 6.07) is 7.70. The second-order valence-corrected chi connectivity index (χ2v) is 6.39. The van der Waals surface area contributed by atoms with E-state index in [4.69, 9.17) is 4.74 Å². The summed E-state index contributed by atoms with van der Waals surface area (Å²) in [5, 5.41) is 10.9. The highest BCUT2D eigenvalue weighted by Crippen LogP contribution is 2.25. The van der Waals surface area contributed by atoms with Crippen molar-refractivity contribution in [1.29, 1.82) is 0 Å². The number of benzene rings is 1. The normalized spacial score (nSPS) is 20.8. The van der Waals surface area contributed by atoms with Crippen molar-refractivity contribution >= 4 is 11.6 Å². The molecule has 128 valence electrons. The first kappa shape index (κ1) is 16.6. The zero-order chi connectivity index (χ0) is 16.9. The summed E-state index contributed by atoms with van der Waals surface area (Å²) in [4.78, 5) is 12.3. The van der Waals surface area contributed by atoms with Crippen LogP contribution in [0.1, 0.15) is 32.6 Å². The Morgan fingerprint density at radius 1 is 1.38 bits per heavy atom. The molecule has 0 saturated carbocycles. The number of aromatic nitrogens is 3.